The first-order valence-corrected chi connectivity index (χ1v) is 4.68. The van der Waals surface area contributed by atoms with Crippen LogP contribution in [-0.2, 0) is 25.2 Å². The van der Waals surface area contributed by atoms with E-state index >= 15 is 0 Å². The summed E-state index contributed by atoms with van der Waals surface area (Å²) < 4.78 is 5.20. The maximum absolute atomic E-state index is 5.20. The third kappa shape index (κ3) is 2.45. The Labute approximate surface area is 83.2 Å². The van der Waals surface area contributed by atoms with E-state index in [9.17, 15) is 0 Å². The van der Waals surface area contributed by atoms with Crippen LogP contribution < -0.4 is 2.81 Å². The van der Waals surface area contributed by atoms with Crippen LogP contribution in [0.15, 0.2) is 24.3 Å². The first kappa shape index (κ1) is 8.99. The van der Waals surface area contributed by atoms with Crippen molar-refractivity contribution >= 4 is 0 Å². The summed E-state index contributed by atoms with van der Waals surface area (Å²) in [6.45, 7) is 4.37. The Bertz CT molecular complexity index is 233. The Morgan fingerprint density at radius 3 is 2.64 bits per heavy atom. The molecule has 0 saturated heterocycles. The van der Waals surface area contributed by atoms with Gasteiger partial charge in [-0.3, -0.25) is 0 Å². The van der Waals surface area contributed by atoms with Crippen molar-refractivity contribution in [3.8, 4) is 5.75 Å². The zero-order chi connectivity index (χ0) is 8.27. The van der Waals surface area contributed by atoms with Crippen molar-refractivity contribution in [2.75, 3.05) is 0 Å². The first-order valence-electron chi connectivity index (χ1n) is 3.67. The van der Waals surface area contributed by atoms with Gasteiger partial charge in [-0.25, -0.2) is 0 Å². The minimum absolute atomic E-state index is 0.584. The maximum atomic E-state index is 5.20. The van der Waals surface area contributed by atoms with E-state index in [1.165, 1.54) is 5.56 Å². The molecule has 2 heteroatoms. The summed E-state index contributed by atoms with van der Waals surface area (Å²) in [5.74, 6) is 1.57. The van der Waals surface area contributed by atoms with Crippen molar-refractivity contribution < 1.29 is 28.0 Å². The zero-order valence-corrected chi connectivity index (χ0v) is 9.25. The predicted molar refractivity (Wildman–Crippen MR) is 41.2 cm³/mol. The van der Waals surface area contributed by atoms with Crippen molar-refractivity contribution in [1.29, 1.82) is 0 Å². The summed E-state index contributed by atoms with van der Waals surface area (Å²) in [7, 11) is 0. The Hall–Kier alpha value is -0.0969. The van der Waals surface area contributed by atoms with Gasteiger partial charge in [-0.2, -0.15) is 0 Å². The number of benzene rings is 1. The summed E-state index contributed by atoms with van der Waals surface area (Å²) in [5.41, 5.74) is 1.34. The molecule has 1 rings (SSSR count). The van der Waals surface area contributed by atoms with Gasteiger partial charge in [-0.05, 0) is 0 Å². The third-order valence-electron chi connectivity index (χ3n) is 1.64. The second-order valence-corrected chi connectivity index (χ2v) is 3.33. The first-order chi connectivity index (χ1) is 5.24. The number of hydrogen-bond acceptors (Lipinski definition) is 1. The summed E-state index contributed by atoms with van der Waals surface area (Å²) in [5, 5.41) is 0. The Morgan fingerprint density at radius 2 is 2.09 bits per heavy atom. The van der Waals surface area contributed by atoms with Crippen molar-refractivity contribution in [2.45, 2.75) is 19.8 Å². The molecule has 0 unspecified atom stereocenters. The molecule has 0 atom stereocenters. The van der Waals surface area contributed by atoms with Crippen LogP contribution in [0.4, 0.5) is 0 Å². The van der Waals surface area contributed by atoms with Crippen molar-refractivity contribution in [2.24, 2.45) is 0 Å². The molecule has 0 fully saturated rings. The van der Waals surface area contributed by atoms with Crippen LogP contribution in [0.25, 0.3) is 0 Å². The molecule has 0 aliphatic heterocycles. The molecule has 0 aliphatic carbocycles. The van der Waals surface area contributed by atoms with Crippen LogP contribution in [0.5, 0.6) is 5.75 Å². The van der Waals surface area contributed by atoms with Crippen molar-refractivity contribution in [3.05, 3.63) is 29.8 Å². The van der Waals surface area contributed by atoms with Crippen LogP contribution >= 0.6 is 0 Å². The normalized spacial score (nSPS) is 10.0. The topological polar surface area (TPSA) is 9.23 Å². The third-order valence-corrected chi connectivity index (χ3v) is 2.22. The summed E-state index contributed by atoms with van der Waals surface area (Å²) in [6.07, 6.45) is 0. The SMILES string of the molecule is CC(C)c1cccc([O][Zr])c1. The molecule has 0 N–H and O–H groups in total. The van der Waals surface area contributed by atoms with Gasteiger partial charge in [0.15, 0.2) is 0 Å². The molecule has 11 heavy (non-hydrogen) atoms. The molecular formula is C9H11OZr. The predicted octanol–water partition coefficient (Wildman–Crippen LogP) is 2.65. The van der Waals surface area contributed by atoms with E-state index in [4.69, 9.17) is 2.81 Å². The van der Waals surface area contributed by atoms with E-state index in [1.54, 1.807) is 0 Å². The van der Waals surface area contributed by atoms with Gasteiger partial charge >= 0.3 is 83.3 Å². The second-order valence-electron chi connectivity index (χ2n) is 2.83. The van der Waals surface area contributed by atoms with Gasteiger partial charge < -0.3 is 0 Å². The van der Waals surface area contributed by atoms with Crippen LogP contribution in [0, 0.1) is 0 Å². The van der Waals surface area contributed by atoms with Crippen LogP contribution in [-0.4, -0.2) is 0 Å². The van der Waals surface area contributed by atoms with Crippen LogP contribution in [0.3, 0.4) is 0 Å². The molecule has 1 aromatic carbocycles. The molecule has 0 aromatic heterocycles. The molecule has 0 radical (unpaired) electrons. The van der Waals surface area contributed by atoms with Crippen LogP contribution in [0.2, 0.25) is 0 Å². The molecule has 1 nitrogen and oxygen atoms in total. The molecule has 0 heterocycles. The monoisotopic (exact) mass is 225 g/mol. The second kappa shape index (κ2) is 4.06. The van der Waals surface area contributed by atoms with E-state index in [0.29, 0.717) is 5.92 Å². The fraction of sp³-hybridized carbons (Fsp3) is 0.333. The standard InChI is InChI=1S/C9H12O.Zr/c1-7(2)8-4-3-5-9(10)6-8;/h3-7,10H,1-2H3;/q;+1/p-1. The average Bonchev–Trinajstić information content (AvgIpc) is 2.05. The summed E-state index contributed by atoms with van der Waals surface area (Å²) in [6, 6.07) is 8.25. The summed E-state index contributed by atoms with van der Waals surface area (Å²) >= 11 is 1.10. The van der Waals surface area contributed by atoms with E-state index in [-0.39, 0.29) is 0 Å². The van der Waals surface area contributed by atoms with Gasteiger partial charge in [0.25, 0.3) is 0 Å². The fourth-order valence-electron chi connectivity index (χ4n) is 0.937. The molecule has 0 spiro atoms. The van der Waals surface area contributed by atoms with Crippen LogP contribution in [0.1, 0.15) is 25.3 Å². The van der Waals surface area contributed by atoms with Crippen molar-refractivity contribution in [1.82, 2.24) is 0 Å². The van der Waals surface area contributed by atoms with E-state index in [2.05, 4.69) is 26.0 Å². The Morgan fingerprint density at radius 1 is 1.36 bits per heavy atom. The Balaban J connectivity index is 2.91. The molecule has 0 saturated carbocycles. The van der Waals surface area contributed by atoms with Gasteiger partial charge in [-0.15, -0.1) is 0 Å². The van der Waals surface area contributed by atoms with Gasteiger partial charge in [0.1, 0.15) is 0 Å². The summed E-state index contributed by atoms with van der Waals surface area (Å²) in [4.78, 5) is 0. The quantitative estimate of drug-likeness (QED) is 0.753. The molecular weight excluding hydrogens is 215 g/mol. The van der Waals surface area contributed by atoms with E-state index < -0.39 is 0 Å². The molecule has 0 amide bonds. The van der Waals surface area contributed by atoms with E-state index in [1.807, 2.05) is 12.1 Å². The van der Waals surface area contributed by atoms with Gasteiger partial charge in [-0.1, -0.05) is 0 Å². The molecule has 57 valence electrons. The van der Waals surface area contributed by atoms with E-state index in [0.717, 1.165) is 30.9 Å². The van der Waals surface area contributed by atoms with Gasteiger partial charge in [0, 0.05) is 0 Å². The average molecular weight is 226 g/mol. The Kier molecular flexibility index (Phi) is 3.32. The number of rotatable bonds is 2. The minimum atomic E-state index is 0.584. The molecule has 0 bridgehead atoms. The van der Waals surface area contributed by atoms with Gasteiger partial charge in [0.2, 0.25) is 0 Å². The molecule has 1 aromatic rings. The zero-order valence-electron chi connectivity index (χ0n) is 6.79. The van der Waals surface area contributed by atoms with Gasteiger partial charge in [0.05, 0.1) is 0 Å². The molecule has 0 aliphatic rings. The van der Waals surface area contributed by atoms with Crippen molar-refractivity contribution in [3.63, 3.8) is 0 Å². The number of hydrogen-bond donors (Lipinski definition) is 0. The fourth-order valence-corrected chi connectivity index (χ4v) is 1.25.